The van der Waals surface area contributed by atoms with Crippen molar-refractivity contribution in [3.05, 3.63) is 75.6 Å². The molecule has 0 fully saturated rings. The second-order valence-electron chi connectivity index (χ2n) is 6.05. The summed E-state index contributed by atoms with van der Waals surface area (Å²) in [5.74, 6) is -2.18. The van der Waals surface area contributed by atoms with Crippen LogP contribution in [0.3, 0.4) is 0 Å². The zero-order valence-corrected chi connectivity index (χ0v) is 13.2. The zero-order chi connectivity index (χ0) is 17.6. The van der Waals surface area contributed by atoms with E-state index >= 15 is 0 Å². The number of nitrogens with one attached hydrogen (secondary N) is 1. The van der Waals surface area contributed by atoms with Crippen LogP contribution < -0.4 is 10.5 Å². The van der Waals surface area contributed by atoms with Crippen molar-refractivity contribution in [3.8, 4) is 0 Å². The highest BCUT2D eigenvalue weighted by Crippen LogP contribution is 2.30. The van der Waals surface area contributed by atoms with Crippen LogP contribution >= 0.6 is 0 Å². The molecule has 1 aliphatic heterocycles. The van der Waals surface area contributed by atoms with Gasteiger partial charge in [0.05, 0.1) is 12.1 Å². The van der Waals surface area contributed by atoms with Crippen LogP contribution in [0.1, 0.15) is 17.5 Å². The molecule has 0 unspecified atom stereocenters. The molecule has 4 nitrogen and oxygen atoms in total. The average molecular weight is 340 g/mol. The molecule has 0 saturated carbocycles. The van der Waals surface area contributed by atoms with Crippen LogP contribution in [0, 0.1) is 11.6 Å². The van der Waals surface area contributed by atoms with Gasteiger partial charge in [0.15, 0.2) is 11.6 Å². The third-order valence-corrected chi connectivity index (χ3v) is 4.51. The maximum atomic E-state index is 14.0. The smallest absolute Gasteiger partial charge is 0.248 e. The quantitative estimate of drug-likeness (QED) is 0.778. The molecule has 1 aromatic heterocycles. The van der Waals surface area contributed by atoms with E-state index in [4.69, 9.17) is 0 Å². The lowest BCUT2D eigenvalue weighted by atomic mass is 10.00. The highest BCUT2D eigenvalue weighted by Gasteiger charge is 2.25. The summed E-state index contributed by atoms with van der Waals surface area (Å²) < 4.78 is 27.5. The van der Waals surface area contributed by atoms with E-state index < -0.39 is 17.2 Å². The lowest BCUT2D eigenvalue weighted by molar-refractivity contribution is -0.119. The Bertz CT molecular complexity index is 1060. The van der Waals surface area contributed by atoms with Crippen LogP contribution in [0.15, 0.2) is 47.3 Å². The van der Waals surface area contributed by atoms with Crippen molar-refractivity contribution in [2.24, 2.45) is 0 Å². The number of hydrogen-bond acceptors (Lipinski definition) is 2. The Morgan fingerprint density at radius 3 is 2.68 bits per heavy atom. The Kier molecular flexibility index (Phi) is 3.60. The van der Waals surface area contributed by atoms with E-state index in [1.54, 1.807) is 4.90 Å². The number of aromatic nitrogens is 1. The molecule has 0 spiro atoms. The van der Waals surface area contributed by atoms with Gasteiger partial charge in [0.25, 0.3) is 0 Å². The van der Waals surface area contributed by atoms with E-state index in [1.165, 1.54) is 12.1 Å². The van der Waals surface area contributed by atoms with Gasteiger partial charge in [-0.2, -0.15) is 0 Å². The minimum absolute atomic E-state index is 0.0604. The number of H-pyrrole nitrogens is 1. The van der Waals surface area contributed by atoms with E-state index in [2.05, 4.69) is 4.98 Å². The Hall–Kier alpha value is -3.02. The van der Waals surface area contributed by atoms with Gasteiger partial charge in [-0.05, 0) is 35.7 Å². The second-order valence-corrected chi connectivity index (χ2v) is 6.05. The van der Waals surface area contributed by atoms with Crippen molar-refractivity contribution < 1.29 is 13.6 Å². The van der Waals surface area contributed by atoms with Crippen molar-refractivity contribution in [2.75, 3.05) is 4.90 Å². The van der Waals surface area contributed by atoms with Crippen LogP contribution in [0.25, 0.3) is 10.9 Å². The van der Waals surface area contributed by atoms with Crippen molar-refractivity contribution in [3.63, 3.8) is 0 Å². The van der Waals surface area contributed by atoms with Crippen molar-refractivity contribution in [1.29, 1.82) is 0 Å². The first-order valence-electron chi connectivity index (χ1n) is 7.93. The normalized spacial score (nSPS) is 14.0. The Morgan fingerprint density at radius 1 is 1.04 bits per heavy atom. The fourth-order valence-corrected chi connectivity index (χ4v) is 3.31. The number of carbonyl (C=O) groups is 1. The topological polar surface area (TPSA) is 53.2 Å². The number of amides is 1. The summed E-state index contributed by atoms with van der Waals surface area (Å²) in [6, 6.07) is 11.3. The molecule has 2 heterocycles. The van der Waals surface area contributed by atoms with Gasteiger partial charge in [-0.3, -0.25) is 9.59 Å². The average Bonchev–Trinajstić information content (AvgIpc) is 2.61. The summed E-state index contributed by atoms with van der Waals surface area (Å²) >= 11 is 0. The number of pyridine rings is 1. The number of halogens is 2. The molecule has 0 aliphatic carbocycles. The first kappa shape index (κ1) is 15.5. The van der Waals surface area contributed by atoms with Crippen LogP contribution in [0.4, 0.5) is 14.5 Å². The molecule has 126 valence electrons. The number of aromatic amines is 1. The first-order valence-corrected chi connectivity index (χ1v) is 7.93. The van der Waals surface area contributed by atoms with E-state index in [9.17, 15) is 18.4 Å². The van der Waals surface area contributed by atoms with Crippen molar-refractivity contribution in [2.45, 2.75) is 19.4 Å². The number of para-hydroxylation sites is 1. The van der Waals surface area contributed by atoms with Gasteiger partial charge in [-0.15, -0.1) is 0 Å². The Morgan fingerprint density at radius 2 is 1.84 bits per heavy atom. The molecule has 0 atom stereocenters. The number of carbonyl (C=O) groups excluding carboxylic acids is 1. The third kappa shape index (κ3) is 2.59. The fourth-order valence-electron chi connectivity index (χ4n) is 3.31. The summed E-state index contributed by atoms with van der Waals surface area (Å²) in [5.41, 5.74) is 1.59. The Balaban J connectivity index is 1.85. The highest BCUT2D eigenvalue weighted by atomic mass is 19.2. The maximum Gasteiger partial charge on any atom is 0.248 e. The Labute approximate surface area is 141 Å². The zero-order valence-electron chi connectivity index (χ0n) is 13.2. The van der Waals surface area contributed by atoms with Gasteiger partial charge in [0.2, 0.25) is 11.5 Å². The molecule has 4 rings (SSSR count). The number of nitrogens with zero attached hydrogens (tertiary/aromatic N) is 1. The predicted molar refractivity (Wildman–Crippen MR) is 90.4 cm³/mol. The van der Waals surface area contributed by atoms with Crippen molar-refractivity contribution >= 4 is 22.5 Å². The molecule has 3 aromatic rings. The molecular weight excluding hydrogens is 326 g/mol. The largest absolute Gasteiger partial charge is 0.319 e. The molecule has 0 radical (unpaired) electrons. The monoisotopic (exact) mass is 340 g/mol. The van der Waals surface area contributed by atoms with E-state index in [0.717, 1.165) is 17.3 Å². The third-order valence-electron chi connectivity index (χ3n) is 4.51. The maximum absolute atomic E-state index is 14.0. The number of rotatable bonds is 2. The number of fused-ring (bicyclic) bond motifs is 2. The lowest BCUT2D eigenvalue weighted by Gasteiger charge is -2.29. The highest BCUT2D eigenvalue weighted by molar-refractivity contribution is 5.97. The van der Waals surface area contributed by atoms with Gasteiger partial charge in [-0.1, -0.05) is 18.2 Å². The van der Waals surface area contributed by atoms with Gasteiger partial charge >= 0.3 is 0 Å². The van der Waals surface area contributed by atoms with E-state index in [-0.39, 0.29) is 18.0 Å². The first-order chi connectivity index (χ1) is 12.0. The van der Waals surface area contributed by atoms with Gasteiger partial charge in [-0.25, -0.2) is 8.78 Å². The van der Waals surface area contributed by atoms with E-state index in [0.29, 0.717) is 23.8 Å². The summed E-state index contributed by atoms with van der Waals surface area (Å²) in [5, 5.41) is 0.384. The van der Waals surface area contributed by atoms with Gasteiger partial charge < -0.3 is 9.88 Å². The number of hydrogen-bond donors (Lipinski definition) is 1. The molecule has 0 bridgehead atoms. The number of benzene rings is 2. The summed E-state index contributed by atoms with van der Waals surface area (Å²) in [6.45, 7) is 0.126. The molecule has 1 amide bonds. The lowest BCUT2D eigenvalue weighted by Crippen LogP contribution is -2.34. The summed E-state index contributed by atoms with van der Waals surface area (Å²) in [4.78, 5) is 28.2. The molecule has 2 aromatic carbocycles. The molecule has 1 N–H and O–H groups in total. The van der Waals surface area contributed by atoms with Crippen LogP contribution in [0.2, 0.25) is 0 Å². The van der Waals surface area contributed by atoms with Crippen LogP contribution in [-0.2, 0) is 17.8 Å². The predicted octanol–water partition coefficient (Wildman–Crippen LogP) is 3.29. The molecule has 1 aliphatic rings. The minimum Gasteiger partial charge on any atom is -0.319 e. The SMILES string of the molecule is O=C1CCc2ccccc2N1Cc1cc(=O)[nH]c2c(F)c(F)ccc12. The summed E-state index contributed by atoms with van der Waals surface area (Å²) in [7, 11) is 0. The fraction of sp³-hybridized carbons (Fsp3) is 0.158. The standard InChI is InChI=1S/C19H14F2N2O2/c20-14-7-6-13-12(9-16(24)22-19(13)18(14)21)10-23-15-4-2-1-3-11(15)5-8-17(23)25/h1-4,6-7,9H,5,8,10H2,(H,22,24). The molecule has 0 saturated heterocycles. The molecule has 25 heavy (non-hydrogen) atoms. The minimum atomic E-state index is -1.10. The van der Waals surface area contributed by atoms with Gasteiger partial charge in [0.1, 0.15) is 0 Å². The van der Waals surface area contributed by atoms with Crippen LogP contribution in [0.5, 0.6) is 0 Å². The van der Waals surface area contributed by atoms with E-state index in [1.807, 2.05) is 24.3 Å². The molecular formula is C19H14F2N2O2. The second kappa shape index (κ2) is 5.81. The number of anilines is 1. The summed E-state index contributed by atoms with van der Waals surface area (Å²) in [6.07, 6.45) is 1.04. The molecule has 6 heteroatoms. The number of aryl methyl sites for hydroxylation is 1. The van der Waals surface area contributed by atoms with Crippen molar-refractivity contribution in [1.82, 2.24) is 4.98 Å². The van der Waals surface area contributed by atoms with Crippen LogP contribution in [-0.4, -0.2) is 10.9 Å². The van der Waals surface area contributed by atoms with Gasteiger partial charge in [0, 0.05) is 23.6 Å².